The van der Waals surface area contributed by atoms with Gasteiger partial charge < -0.3 is 18.9 Å². The highest BCUT2D eigenvalue weighted by atomic mass is 32.1. The molecule has 0 spiro atoms. The second-order valence-electron chi connectivity index (χ2n) is 5.91. The van der Waals surface area contributed by atoms with Gasteiger partial charge in [-0.05, 0) is 23.8 Å². The van der Waals surface area contributed by atoms with Crippen LogP contribution in [0, 0.1) is 0 Å². The maximum atomic E-state index is 12.1. The van der Waals surface area contributed by atoms with Crippen LogP contribution in [-0.2, 0) is 16.1 Å². The number of esters is 1. The summed E-state index contributed by atoms with van der Waals surface area (Å²) in [5, 5.41) is 2.78. The van der Waals surface area contributed by atoms with E-state index in [0.717, 1.165) is 16.1 Å². The van der Waals surface area contributed by atoms with Gasteiger partial charge in [0.05, 0.1) is 27.0 Å². The Morgan fingerprint density at radius 3 is 2.34 bits per heavy atom. The van der Waals surface area contributed by atoms with Gasteiger partial charge in [0.25, 0.3) is 0 Å². The van der Waals surface area contributed by atoms with Crippen molar-refractivity contribution < 1.29 is 23.7 Å². The third-order valence-corrected chi connectivity index (χ3v) is 4.97. The molecule has 0 bridgehead atoms. The van der Waals surface area contributed by atoms with E-state index in [-0.39, 0.29) is 6.61 Å². The second-order valence-corrected chi connectivity index (χ2v) is 6.77. The van der Waals surface area contributed by atoms with E-state index in [1.54, 1.807) is 18.2 Å². The van der Waals surface area contributed by atoms with Gasteiger partial charge in [0.2, 0.25) is 5.75 Å². The number of hydrogen-bond donors (Lipinski definition) is 0. The highest BCUT2D eigenvalue weighted by Crippen LogP contribution is 2.38. The Bertz CT molecular complexity index is 972. The lowest BCUT2D eigenvalue weighted by molar-refractivity contribution is -0.139. The number of benzene rings is 2. The molecule has 3 aromatic rings. The topological polar surface area (TPSA) is 66.9 Å². The molecule has 0 unspecified atom stereocenters. The molecule has 0 saturated carbocycles. The first-order chi connectivity index (χ1) is 14.1. The fourth-order valence-corrected chi connectivity index (χ4v) is 3.45. The number of ether oxygens (including phenoxy) is 4. The molecule has 0 aliphatic rings. The molecule has 6 nitrogen and oxygen atoms in total. The number of thiazole rings is 1. The van der Waals surface area contributed by atoms with Gasteiger partial charge in [0.15, 0.2) is 11.5 Å². The summed E-state index contributed by atoms with van der Waals surface area (Å²) < 4.78 is 21.2. The van der Waals surface area contributed by atoms with Gasteiger partial charge in [0, 0.05) is 17.0 Å². The lowest BCUT2D eigenvalue weighted by Crippen LogP contribution is -2.01. The molecule has 0 saturated heterocycles. The van der Waals surface area contributed by atoms with Gasteiger partial charge in [-0.3, -0.25) is 0 Å². The number of carbonyl (C=O) groups is 1. The van der Waals surface area contributed by atoms with Crippen LogP contribution < -0.4 is 14.2 Å². The third kappa shape index (κ3) is 5.14. The van der Waals surface area contributed by atoms with E-state index in [1.165, 1.54) is 38.7 Å². The largest absolute Gasteiger partial charge is 0.493 e. The number of aromatic nitrogens is 1. The first kappa shape index (κ1) is 20.4. The van der Waals surface area contributed by atoms with Gasteiger partial charge in [-0.25, -0.2) is 9.78 Å². The molecule has 0 N–H and O–H groups in total. The van der Waals surface area contributed by atoms with E-state index in [0.29, 0.717) is 22.9 Å². The van der Waals surface area contributed by atoms with E-state index in [9.17, 15) is 4.79 Å². The smallest absolute Gasteiger partial charge is 0.331 e. The van der Waals surface area contributed by atoms with E-state index < -0.39 is 5.97 Å². The molecule has 7 heteroatoms. The van der Waals surface area contributed by atoms with E-state index in [1.807, 2.05) is 35.7 Å². The minimum absolute atomic E-state index is 0.113. The average Bonchev–Trinajstić information content (AvgIpc) is 3.25. The van der Waals surface area contributed by atoms with Crippen LogP contribution in [0.2, 0.25) is 0 Å². The predicted octanol–water partition coefficient (Wildman–Crippen LogP) is 4.59. The van der Waals surface area contributed by atoms with Crippen LogP contribution in [-0.4, -0.2) is 32.3 Å². The zero-order chi connectivity index (χ0) is 20.6. The van der Waals surface area contributed by atoms with Crippen molar-refractivity contribution in [3.8, 4) is 27.8 Å². The third-order valence-electron chi connectivity index (χ3n) is 4.03. The highest BCUT2D eigenvalue weighted by Gasteiger charge is 2.12. The minimum Gasteiger partial charge on any atom is -0.493 e. The monoisotopic (exact) mass is 411 g/mol. The van der Waals surface area contributed by atoms with Crippen LogP contribution in [0.5, 0.6) is 17.2 Å². The molecule has 0 atom stereocenters. The Morgan fingerprint density at radius 2 is 1.72 bits per heavy atom. The number of nitrogens with zero attached hydrogens (tertiary/aromatic N) is 1. The lowest BCUT2D eigenvalue weighted by atomic mass is 10.1. The fourth-order valence-electron chi connectivity index (χ4n) is 2.64. The first-order valence-corrected chi connectivity index (χ1v) is 9.67. The standard InChI is InChI=1S/C22H21NO5S/c1-25-18-11-15(12-19(26-2)21(18)27-3)9-10-20(24)28-13-17-14-29-22(23-17)16-7-5-4-6-8-16/h4-12,14H,13H2,1-3H3. The number of methoxy groups -OCH3 is 3. The summed E-state index contributed by atoms with van der Waals surface area (Å²) in [5.74, 6) is 1.05. The SMILES string of the molecule is COc1cc(C=CC(=O)OCc2csc(-c3ccccc3)n2)cc(OC)c1OC. The summed E-state index contributed by atoms with van der Waals surface area (Å²) in [7, 11) is 4.61. The van der Waals surface area contributed by atoms with E-state index in [4.69, 9.17) is 18.9 Å². The van der Waals surface area contributed by atoms with Gasteiger partial charge in [-0.15, -0.1) is 11.3 Å². The average molecular weight is 411 g/mol. The number of hydrogen-bond acceptors (Lipinski definition) is 7. The molecular weight excluding hydrogens is 390 g/mol. The molecule has 29 heavy (non-hydrogen) atoms. The van der Waals surface area contributed by atoms with Crippen molar-refractivity contribution in [2.24, 2.45) is 0 Å². The molecule has 150 valence electrons. The predicted molar refractivity (Wildman–Crippen MR) is 112 cm³/mol. The van der Waals surface area contributed by atoms with Crippen LogP contribution in [0.3, 0.4) is 0 Å². The van der Waals surface area contributed by atoms with Gasteiger partial charge in [-0.2, -0.15) is 0 Å². The van der Waals surface area contributed by atoms with Crippen molar-refractivity contribution in [1.82, 2.24) is 4.98 Å². The molecule has 3 rings (SSSR count). The Labute approximate surface area is 173 Å². The van der Waals surface area contributed by atoms with Gasteiger partial charge in [0.1, 0.15) is 11.6 Å². The van der Waals surface area contributed by atoms with Crippen LogP contribution in [0.25, 0.3) is 16.6 Å². The van der Waals surface area contributed by atoms with Crippen molar-refractivity contribution >= 4 is 23.4 Å². The Morgan fingerprint density at radius 1 is 1.03 bits per heavy atom. The van der Waals surface area contributed by atoms with E-state index >= 15 is 0 Å². The lowest BCUT2D eigenvalue weighted by Gasteiger charge is -2.12. The summed E-state index contributed by atoms with van der Waals surface area (Å²) in [4.78, 5) is 16.6. The summed E-state index contributed by atoms with van der Waals surface area (Å²) in [6, 6.07) is 13.4. The molecule has 0 aliphatic heterocycles. The van der Waals surface area contributed by atoms with Crippen molar-refractivity contribution in [2.45, 2.75) is 6.61 Å². The van der Waals surface area contributed by atoms with Crippen molar-refractivity contribution in [3.63, 3.8) is 0 Å². The maximum absolute atomic E-state index is 12.1. The Balaban J connectivity index is 1.62. The molecule has 1 aromatic heterocycles. The minimum atomic E-state index is -0.465. The zero-order valence-corrected chi connectivity index (χ0v) is 17.2. The molecule has 1 heterocycles. The molecule has 0 radical (unpaired) electrons. The van der Waals surface area contributed by atoms with Crippen LogP contribution in [0.15, 0.2) is 53.9 Å². The number of rotatable bonds is 8. The highest BCUT2D eigenvalue weighted by molar-refractivity contribution is 7.13. The van der Waals surface area contributed by atoms with E-state index in [2.05, 4.69) is 4.98 Å². The molecule has 0 amide bonds. The summed E-state index contributed by atoms with van der Waals surface area (Å²) in [5.41, 5.74) is 2.47. The first-order valence-electron chi connectivity index (χ1n) is 8.79. The van der Waals surface area contributed by atoms with Gasteiger partial charge in [-0.1, -0.05) is 30.3 Å². The normalized spacial score (nSPS) is 10.7. The van der Waals surface area contributed by atoms with Crippen LogP contribution in [0.4, 0.5) is 0 Å². The quantitative estimate of drug-likeness (QED) is 0.399. The van der Waals surface area contributed by atoms with Crippen molar-refractivity contribution in [2.75, 3.05) is 21.3 Å². The zero-order valence-electron chi connectivity index (χ0n) is 16.4. The molecular formula is C22H21NO5S. The van der Waals surface area contributed by atoms with Gasteiger partial charge >= 0.3 is 5.97 Å². The van der Waals surface area contributed by atoms with Crippen molar-refractivity contribution in [3.05, 3.63) is 65.2 Å². The maximum Gasteiger partial charge on any atom is 0.331 e. The molecule has 0 aliphatic carbocycles. The number of carbonyl (C=O) groups excluding carboxylic acids is 1. The van der Waals surface area contributed by atoms with Crippen LogP contribution >= 0.6 is 11.3 Å². The fraction of sp³-hybridized carbons (Fsp3) is 0.182. The molecule has 2 aromatic carbocycles. The summed E-state index contributed by atoms with van der Waals surface area (Å²) >= 11 is 1.52. The summed E-state index contributed by atoms with van der Waals surface area (Å²) in [6.07, 6.45) is 2.98. The molecule has 0 fully saturated rings. The van der Waals surface area contributed by atoms with Crippen LogP contribution in [0.1, 0.15) is 11.3 Å². The Hall–Kier alpha value is -3.32. The second kappa shape index (κ2) is 9.75. The Kier molecular flexibility index (Phi) is 6.86. The van der Waals surface area contributed by atoms with Crippen molar-refractivity contribution in [1.29, 1.82) is 0 Å². The summed E-state index contributed by atoms with van der Waals surface area (Å²) in [6.45, 7) is 0.113.